The van der Waals surface area contributed by atoms with Crippen molar-refractivity contribution in [3.8, 4) is 0 Å². The van der Waals surface area contributed by atoms with E-state index in [-0.39, 0.29) is 0 Å². The zero-order chi connectivity index (χ0) is 8.39. The highest BCUT2D eigenvalue weighted by Crippen LogP contribution is 2.01. The monoisotopic (exact) mass is 163 g/mol. The number of oxazole rings is 1. The average Bonchev–Trinajstić information content (AvgIpc) is 2.63. The molecule has 2 aromatic rings. The third-order valence-corrected chi connectivity index (χ3v) is 1.55. The van der Waals surface area contributed by atoms with Gasteiger partial charge in [0.05, 0.1) is 6.54 Å². The van der Waals surface area contributed by atoms with Crippen molar-refractivity contribution in [2.75, 3.05) is 0 Å². The van der Waals surface area contributed by atoms with Crippen LogP contribution >= 0.6 is 0 Å². The summed E-state index contributed by atoms with van der Waals surface area (Å²) >= 11 is 0. The topological polar surface area (TPSA) is 43.9 Å². The normalized spacial score (nSPS) is 10.4. The molecule has 62 valence electrons. The molecule has 0 amide bonds. The van der Waals surface area contributed by atoms with Crippen LogP contribution in [-0.2, 0) is 6.54 Å². The first-order valence-corrected chi connectivity index (χ1v) is 3.73. The van der Waals surface area contributed by atoms with E-state index in [1.807, 2.05) is 19.2 Å². The molecule has 0 unspecified atom stereocenters. The van der Waals surface area contributed by atoms with Gasteiger partial charge in [0, 0.05) is 19.3 Å². The summed E-state index contributed by atoms with van der Waals surface area (Å²) in [5, 5.41) is 4.06. The molecule has 0 aliphatic carbocycles. The largest absolute Gasteiger partial charge is 0.449 e. The average molecular weight is 163 g/mol. The van der Waals surface area contributed by atoms with Gasteiger partial charge in [0.25, 0.3) is 0 Å². The highest BCUT2D eigenvalue weighted by atomic mass is 16.3. The van der Waals surface area contributed by atoms with E-state index < -0.39 is 0 Å². The van der Waals surface area contributed by atoms with E-state index in [1.54, 1.807) is 17.1 Å². The molecule has 0 atom stereocenters. The molecule has 0 N–H and O–H groups in total. The fourth-order valence-corrected chi connectivity index (χ4v) is 1.04. The summed E-state index contributed by atoms with van der Waals surface area (Å²) in [6.45, 7) is 2.50. The van der Waals surface area contributed by atoms with Crippen molar-refractivity contribution in [3.05, 3.63) is 36.3 Å². The van der Waals surface area contributed by atoms with Crippen molar-refractivity contribution in [3.63, 3.8) is 0 Å². The molecule has 0 spiro atoms. The van der Waals surface area contributed by atoms with Gasteiger partial charge in [0.2, 0.25) is 0 Å². The first-order chi connectivity index (χ1) is 5.84. The second kappa shape index (κ2) is 2.81. The Morgan fingerprint density at radius 1 is 1.58 bits per heavy atom. The highest BCUT2D eigenvalue weighted by Gasteiger charge is 1.99. The SMILES string of the molecule is Cc1nc(Cn2cccn2)co1. The van der Waals surface area contributed by atoms with Gasteiger partial charge in [-0.15, -0.1) is 0 Å². The lowest BCUT2D eigenvalue weighted by Crippen LogP contribution is -1.99. The maximum atomic E-state index is 5.06. The van der Waals surface area contributed by atoms with Gasteiger partial charge in [-0.05, 0) is 6.07 Å². The van der Waals surface area contributed by atoms with E-state index in [1.165, 1.54) is 0 Å². The Morgan fingerprint density at radius 3 is 3.08 bits per heavy atom. The molecule has 2 heterocycles. The van der Waals surface area contributed by atoms with Crippen LogP contribution < -0.4 is 0 Å². The smallest absolute Gasteiger partial charge is 0.191 e. The molecule has 0 aliphatic heterocycles. The number of aromatic nitrogens is 3. The van der Waals surface area contributed by atoms with E-state index in [0.29, 0.717) is 12.4 Å². The minimum Gasteiger partial charge on any atom is -0.449 e. The molecule has 2 aromatic heterocycles. The first kappa shape index (κ1) is 7.09. The highest BCUT2D eigenvalue weighted by molar-refractivity contribution is 4.96. The van der Waals surface area contributed by atoms with Crippen molar-refractivity contribution >= 4 is 0 Å². The maximum Gasteiger partial charge on any atom is 0.191 e. The van der Waals surface area contributed by atoms with Crippen molar-refractivity contribution in [1.29, 1.82) is 0 Å². The Hall–Kier alpha value is -1.58. The van der Waals surface area contributed by atoms with Gasteiger partial charge in [-0.25, -0.2) is 4.98 Å². The van der Waals surface area contributed by atoms with Gasteiger partial charge in [-0.2, -0.15) is 5.10 Å². The predicted octanol–water partition coefficient (Wildman–Crippen LogP) is 1.23. The third-order valence-electron chi connectivity index (χ3n) is 1.55. The molecule has 0 bridgehead atoms. The lowest BCUT2D eigenvalue weighted by molar-refractivity contribution is 0.519. The number of nitrogens with zero attached hydrogens (tertiary/aromatic N) is 3. The fraction of sp³-hybridized carbons (Fsp3) is 0.250. The summed E-state index contributed by atoms with van der Waals surface area (Å²) in [6, 6.07) is 1.88. The van der Waals surface area contributed by atoms with E-state index in [2.05, 4.69) is 10.1 Å². The Bertz CT molecular complexity index is 350. The summed E-state index contributed by atoms with van der Waals surface area (Å²) in [7, 11) is 0. The molecule has 4 heteroatoms. The van der Waals surface area contributed by atoms with E-state index in [4.69, 9.17) is 4.42 Å². The molecule has 12 heavy (non-hydrogen) atoms. The molecule has 0 saturated carbocycles. The summed E-state index contributed by atoms with van der Waals surface area (Å²) in [5.74, 6) is 0.692. The predicted molar refractivity (Wildman–Crippen MR) is 42.6 cm³/mol. The molecular weight excluding hydrogens is 154 g/mol. The van der Waals surface area contributed by atoms with Crippen LogP contribution in [0.25, 0.3) is 0 Å². The molecule has 0 fully saturated rings. The van der Waals surface area contributed by atoms with Gasteiger partial charge in [0.15, 0.2) is 5.89 Å². The quantitative estimate of drug-likeness (QED) is 0.668. The second-order valence-corrected chi connectivity index (χ2v) is 2.56. The Labute approximate surface area is 69.8 Å². The number of rotatable bonds is 2. The van der Waals surface area contributed by atoms with E-state index in [9.17, 15) is 0 Å². The minimum atomic E-state index is 0.671. The van der Waals surface area contributed by atoms with Crippen molar-refractivity contribution in [1.82, 2.24) is 14.8 Å². The lowest BCUT2D eigenvalue weighted by atomic mass is 10.5. The van der Waals surface area contributed by atoms with Crippen LogP contribution in [0, 0.1) is 6.92 Å². The minimum absolute atomic E-state index is 0.671. The lowest BCUT2D eigenvalue weighted by Gasteiger charge is -1.94. The second-order valence-electron chi connectivity index (χ2n) is 2.56. The summed E-state index contributed by atoms with van der Waals surface area (Å²) in [4.78, 5) is 4.16. The van der Waals surface area contributed by atoms with Gasteiger partial charge < -0.3 is 4.42 Å². The van der Waals surface area contributed by atoms with Gasteiger partial charge in [0.1, 0.15) is 12.0 Å². The van der Waals surface area contributed by atoms with E-state index >= 15 is 0 Å². The number of hydrogen-bond acceptors (Lipinski definition) is 3. The summed E-state index contributed by atoms with van der Waals surface area (Å²) in [5.41, 5.74) is 0.899. The molecule has 0 saturated heterocycles. The van der Waals surface area contributed by atoms with Crippen molar-refractivity contribution < 1.29 is 4.42 Å². The molecular formula is C8H9N3O. The Kier molecular flexibility index (Phi) is 1.66. The van der Waals surface area contributed by atoms with Crippen LogP contribution in [-0.4, -0.2) is 14.8 Å². The van der Waals surface area contributed by atoms with E-state index in [0.717, 1.165) is 5.69 Å². The molecule has 2 rings (SSSR count). The van der Waals surface area contributed by atoms with Crippen LogP contribution in [0.2, 0.25) is 0 Å². The van der Waals surface area contributed by atoms with Crippen LogP contribution in [0.4, 0.5) is 0 Å². The van der Waals surface area contributed by atoms with Crippen LogP contribution in [0.5, 0.6) is 0 Å². The molecule has 0 radical (unpaired) electrons. The standard InChI is InChI=1S/C8H9N3O/c1-7-10-8(6-12-7)5-11-4-2-3-9-11/h2-4,6H,5H2,1H3. The van der Waals surface area contributed by atoms with Gasteiger partial charge in [-0.3, -0.25) is 4.68 Å². The zero-order valence-electron chi connectivity index (χ0n) is 6.77. The molecule has 4 nitrogen and oxygen atoms in total. The maximum absolute atomic E-state index is 5.06. The van der Waals surface area contributed by atoms with Crippen molar-refractivity contribution in [2.45, 2.75) is 13.5 Å². The van der Waals surface area contributed by atoms with Crippen molar-refractivity contribution in [2.24, 2.45) is 0 Å². The fourth-order valence-electron chi connectivity index (χ4n) is 1.04. The Morgan fingerprint density at radius 2 is 2.50 bits per heavy atom. The number of hydrogen-bond donors (Lipinski definition) is 0. The van der Waals surface area contributed by atoms with Crippen LogP contribution in [0.3, 0.4) is 0 Å². The zero-order valence-corrected chi connectivity index (χ0v) is 6.77. The van der Waals surface area contributed by atoms with Gasteiger partial charge >= 0.3 is 0 Å². The van der Waals surface area contributed by atoms with Crippen LogP contribution in [0.15, 0.2) is 29.1 Å². The number of aryl methyl sites for hydroxylation is 1. The Balaban J connectivity index is 2.14. The van der Waals surface area contributed by atoms with Gasteiger partial charge in [-0.1, -0.05) is 0 Å². The summed E-state index contributed by atoms with van der Waals surface area (Å²) in [6.07, 6.45) is 5.29. The molecule has 0 aromatic carbocycles. The first-order valence-electron chi connectivity index (χ1n) is 3.73. The molecule has 0 aliphatic rings. The van der Waals surface area contributed by atoms with Crippen LogP contribution in [0.1, 0.15) is 11.6 Å². The summed E-state index contributed by atoms with van der Waals surface area (Å²) < 4.78 is 6.86. The third kappa shape index (κ3) is 1.37.